The van der Waals surface area contributed by atoms with Crippen molar-refractivity contribution in [3.8, 4) is 0 Å². The first kappa shape index (κ1) is 15.3. The molecule has 21 heavy (non-hydrogen) atoms. The van der Waals surface area contributed by atoms with E-state index in [9.17, 15) is 10.1 Å². The maximum absolute atomic E-state index is 11.2. The van der Waals surface area contributed by atoms with Crippen LogP contribution in [0.1, 0.15) is 5.69 Å². The monoisotopic (exact) mass is 327 g/mol. The van der Waals surface area contributed by atoms with Gasteiger partial charge in [-0.15, -0.1) is 0 Å². The number of rotatable bonds is 4. The summed E-state index contributed by atoms with van der Waals surface area (Å²) >= 11 is 11.8. The highest BCUT2D eigenvalue weighted by Gasteiger charge is 2.22. The smallest absolute Gasteiger partial charge is 0.332 e. The van der Waals surface area contributed by atoms with E-state index in [-0.39, 0.29) is 23.1 Å². The average molecular weight is 328 g/mol. The summed E-state index contributed by atoms with van der Waals surface area (Å²) in [6.45, 7) is 1.54. The van der Waals surface area contributed by atoms with Gasteiger partial charge in [0.15, 0.2) is 0 Å². The Morgan fingerprint density at radius 1 is 1.24 bits per heavy atom. The van der Waals surface area contributed by atoms with Gasteiger partial charge in [-0.2, -0.15) is 4.98 Å². The van der Waals surface area contributed by atoms with E-state index < -0.39 is 4.92 Å². The van der Waals surface area contributed by atoms with Crippen molar-refractivity contribution in [2.45, 2.75) is 6.92 Å². The Labute approximate surface area is 130 Å². The van der Waals surface area contributed by atoms with E-state index in [2.05, 4.69) is 20.6 Å². The summed E-state index contributed by atoms with van der Waals surface area (Å²) < 4.78 is 0. The van der Waals surface area contributed by atoms with Gasteiger partial charge in [0.2, 0.25) is 11.8 Å². The van der Waals surface area contributed by atoms with E-state index in [4.69, 9.17) is 23.2 Å². The number of benzene rings is 1. The summed E-state index contributed by atoms with van der Waals surface area (Å²) in [5, 5.41) is 17.5. The molecule has 1 aromatic heterocycles. The summed E-state index contributed by atoms with van der Waals surface area (Å²) in [7, 11) is 1.63. The van der Waals surface area contributed by atoms with Crippen LogP contribution in [-0.4, -0.2) is 21.9 Å². The SMILES string of the molecule is CNc1nc(C)c([N+](=O)[O-])c(Nc2ccc(Cl)c(Cl)c2)n1. The molecule has 0 bridgehead atoms. The predicted molar refractivity (Wildman–Crippen MR) is 82.7 cm³/mol. The Morgan fingerprint density at radius 2 is 1.95 bits per heavy atom. The number of nitro groups is 1. The molecule has 0 fully saturated rings. The zero-order valence-electron chi connectivity index (χ0n) is 11.1. The number of aromatic nitrogens is 2. The molecule has 9 heteroatoms. The van der Waals surface area contributed by atoms with Gasteiger partial charge in [-0.25, -0.2) is 4.98 Å². The lowest BCUT2D eigenvalue weighted by atomic mass is 10.3. The van der Waals surface area contributed by atoms with Crippen molar-refractivity contribution in [2.75, 3.05) is 17.7 Å². The van der Waals surface area contributed by atoms with Gasteiger partial charge in [-0.05, 0) is 25.1 Å². The van der Waals surface area contributed by atoms with Crippen molar-refractivity contribution in [3.05, 3.63) is 44.1 Å². The fourth-order valence-electron chi connectivity index (χ4n) is 1.70. The molecule has 110 valence electrons. The maximum atomic E-state index is 11.2. The molecule has 1 aromatic carbocycles. The first-order chi connectivity index (χ1) is 9.92. The molecule has 2 N–H and O–H groups in total. The van der Waals surface area contributed by atoms with E-state index in [1.165, 1.54) is 0 Å². The van der Waals surface area contributed by atoms with Crippen LogP contribution in [0.4, 0.5) is 23.1 Å². The second kappa shape index (κ2) is 6.11. The summed E-state index contributed by atoms with van der Waals surface area (Å²) in [5.74, 6) is 0.357. The molecule has 0 spiro atoms. The molecule has 0 aliphatic rings. The first-order valence-electron chi connectivity index (χ1n) is 5.85. The van der Waals surface area contributed by atoms with E-state index >= 15 is 0 Å². The van der Waals surface area contributed by atoms with Crippen LogP contribution in [0.2, 0.25) is 10.0 Å². The number of halogens is 2. The van der Waals surface area contributed by atoms with Gasteiger partial charge in [-0.1, -0.05) is 23.2 Å². The number of anilines is 3. The number of hydrogen-bond donors (Lipinski definition) is 2. The summed E-state index contributed by atoms with van der Waals surface area (Å²) in [5.41, 5.74) is 0.592. The van der Waals surface area contributed by atoms with Gasteiger partial charge in [0.1, 0.15) is 5.69 Å². The van der Waals surface area contributed by atoms with Crippen molar-refractivity contribution in [1.82, 2.24) is 9.97 Å². The Kier molecular flexibility index (Phi) is 4.44. The van der Waals surface area contributed by atoms with Gasteiger partial charge in [-0.3, -0.25) is 10.1 Å². The fourth-order valence-corrected chi connectivity index (χ4v) is 1.99. The summed E-state index contributed by atoms with van der Waals surface area (Å²) in [6.07, 6.45) is 0. The quantitative estimate of drug-likeness (QED) is 0.655. The van der Waals surface area contributed by atoms with Crippen LogP contribution in [0.5, 0.6) is 0 Å². The fraction of sp³-hybridized carbons (Fsp3) is 0.167. The molecule has 2 rings (SSSR count). The normalized spacial score (nSPS) is 10.3. The minimum atomic E-state index is -0.533. The van der Waals surface area contributed by atoms with Crippen LogP contribution < -0.4 is 10.6 Å². The second-order valence-electron chi connectivity index (χ2n) is 4.09. The van der Waals surface area contributed by atoms with E-state index in [0.717, 1.165) is 0 Å². The standard InChI is InChI=1S/C12H11Cl2N5O2/c1-6-10(19(20)21)11(18-12(15-2)16-6)17-7-3-4-8(13)9(14)5-7/h3-5H,1-2H3,(H2,15,16,17,18). The van der Waals surface area contributed by atoms with Crippen molar-refractivity contribution in [1.29, 1.82) is 0 Å². The molecule has 0 saturated heterocycles. The topological polar surface area (TPSA) is 93.0 Å². The van der Waals surface area contributed by atoms with Crippen molar-refractivity contribution in [2.24, 2.45) is 0 Å². The maximum Gasteiger partial charge on any atom is 0.332 e. The zero-order valence-corrected chi connectivity index (χ0v) is 12.7. The van der Waals surface area contributed by atoms with Crippen molar-refractivity contribution >= 4 is 46.3 Å². The summed E-state index contributed by atoms with van der Waals surface area (Å²) in [6, 6.07) is 4.80. The molecule has 0 aliphatic carbocycles. The molecule has 1 heterocycles. The van der Waals surface area contributed by atoms with E-state index in [1.807, 2.05) is 0 Å². The van der Waals surface area contributed by atoms with Gasteiger partial charge in [0.05, 0.1) is 15.0 Å². The van der Waals surface area contributed by atoms with Gasteiger partial charge < -0.3 is 10.6 Å². The van der Waals surface area contributed by atoms with Crippen LogP contribution in [0.25, 0.3) is 0 Å². The van der Waals surface area contributed by atoms with Crippen LogP contribution in [0.3, 0.4) is 0 Å². The Hall–Kier alpha value is -2.12. The number of hydrogen-bond acceptors (Lipinski definition) is 6. The lowest BCUT2D eigenvalue weighted by molar-refractivity contribution is -0.385. The third-order valence-corrected chi connectivity index (χ3v) is 3.39. The highest BCUT2D eigenvalue weighted by Crippen LogP contribution is 2.31. The van der Waals surface area contributed by atoms with Crippen LogP contribution >= 0.6 is 23.2 Å². The molecule has 0 unspecified atom stereocenters. The van der Waals surface area contributed by atoms with Gasteiger partial charge in [0, 0.05) is 12.7 Å². The highest BCUT2D eigenvalue weighted by atomic mass is 35.5. The second-order valence-corrected chi connectivity index (χ2v) is 4.91. The third kappa shape index (κ3) is 3.32. The molecule has 2 aromatic rings. The van der Waals surface area contributed by atoms with Gasteiger partial charge in [0.25, 0.3) is 0 Å². The van der Waals surface area contributed by atoms with Crippen molar-refractivity contribution in [3.63, 3.8) is 0 Å². The minimum absolute atomic E-state index is 0.0789. The number of nitrogens with one attached hydrogen (secondary N) is 2. The lowest BCUT2D eigenvalue weighted by Gasteiger charge is -2.10. The molecule has 0 radical (unpaired) electrons. The van der Waals surface area contributed by atoms with Gasteiger partial charge >= 0.3 is 5.69 Å². The van der Waals surface area contributed by atoms with Crippen LogP contribution in [-0.2, 0) is 0 Å². The number of nitrogens with zero attached hydrogens (tertiary/aromatic N) is 3. The Balaban J connectivity index is 2.48. The van der Waals surface area contributed by atoms with Crippen LogP contribution in [0.15, 0.2) is 18.2 Å². The molecule has 0 aliphatic heterocycles. The highest BCUT2D eigenvalue weighted by molar-refractivity contribution is 6.42. The predicted octanol–water partition coefficient (Wildman–Crippen LogP) is 3.79. The van der Waals surface area contributed by atoms with E-state index in [0.29, 0.717) is 15.7 Å². The van der Waals surface area contributed by atoms with E-state index in [1.54, 1.807) is 32.2 Å². The molecular formula is C12H11Cl2N5O2. The Morgan fingerprint density at radius 3 is 2.52 bits per heavy atom. The minimum Gasteiger partial charge on any atom is -0.357 e. The number of aryl methyl sites for hydroxylation is 1. The van der Waals surface area contributed by atoms with Crippen molar-refractivity contribution < 1.29 is 4.92 Å². The molecule has 0 saturated carbocycles. The molecule has 7 nitrogen and oxygen atoms in total. The Bertz CT molecular complexity index is 708. The average Bonchev–Trinajstić information content (AvgIpc) is 2.41. The zero-order chi connectivity index (χ0) is 15.6. The third-order valence-electron chi connectivity index (χ3n) is 2.65. The summed E-state index contributed by atoms with van der Waals surface area (Å²) in [4.78, 5) is 18.7. The largest absolute Gasteiger partial charge is 0.357 e. The molecule has 0 atom stereocenters. The molecule has 0 amide bonds. The lowest BCUT2D eigenvalue weighted by Crippen LogP contribution is -2.07. The molecular weight excluding hydrogens is 317 g/mol. The van der Waals surface area contributed by atoms with Crippen LogP contribution in [0, 0.1) is 17.0 Å². The first-order valence-corrected chi connectivity index (χ1v) is 6.61.